The Morgan fingerprint density at radius 1 is 1.11 bits per heavy atom. The van der Waals surface area contributed by atoms with Gasteiger partial charge in [-0.05, 0) is 30.3 Å². The Hall–Kier alpha value is -2.79. The van der Waals surface area contributed by atoms with E-state index in [1.54, 1.807) is 18.2 Å². The zero-order valence-electron chi connectivity index (χ0n) is 14.2. The molecule has 2 aliphatic heterocycles. The predicted octanol–water partition coefficient (Wildman–Crippen LogP) is 2.93. The van der Waals surface area contributed by atoms with Crippen LogP contribution >= 0.6 is 0 Å². The minimum atomic E-state index is -4.59. The Kier molecular flexibility index (Phi) is 4.23. The number of fused-ring (bicyclic) bond motifs is 1. The minimum absolute atomic E-state index is 0.0187. The lowest BCUT2D eigenvalue weighted by atomic mass is 9.99. The van der Waals surface area contributed by atoms with Gasteiger partial charge in [0.15, 0.2) is 11.5 Å². The van der Waals surface area contributed by atoms with Crippen LogP contribution in [0.2, 0.25) is 0 Å². The van der Waals surface area contributed by atoms with Crippen LogP contribution in [0, 0.1) is 0 Å². The molecule has 148 valence electrons. The zero-order chi connectivity index (χ0) is 20.1. The van der Waals surface area contributed by atoms with Crippen LogP contribution in [0.3, 0.4) is 0 Å². The molecule has 1 unspecified atom stereocenters. The maximum absolute atomic E-state index is 13.3. The molecule has 0 fully saturated rings. The van der Waals surface area contributed by atoms with Crippen molar-refractivity contribution in [1.82, 2.24) is 0 Å². The third-order valence-electron chi connectivity index (χ3n) is 4.45. The molecule has 11 heteroatoms. The number of nitrogens with zero attached hydrogens (tertiary/aromatic N) is 2. The van der Waals surface area contributed by atoms with Crippen molar-refractivity contribution in [1.29, 1.82) is 0 Å². The monoisotopic (exact) mass is 413 g/mol. The molecule has 2 aliphatic rings. The van der Waals surface area contributed by atoms with Gasteiger partial charge in [0, 0.05) is 12.0 Å². The third kappa shape index (κ3) is 3.27. The smallest absolute Gasteiger partial charge is 0.431 e. The number of rotatable bonds is 3. The molecule has 2 N–H and O–H groups in total. The highest BCUT2D eigenvalue weighted by molar-refractivity contribution is 7.89. The Labute approximate surface area is 158 Å². The summed E-state index contributed by atoms with van der Waals surface area (Å²) in [7, 11) is -3.92. The third-order valence-corrected chi connectivity index (χ3v) is 5.38. The molecule has 1 atom stereocenters. The molecule has 4 rings (SSSR count). The Morgan fingerprint density at radius 3 is 2.46 bits per heavy atom. The summed E-state index contributed by atoms with van der Waals surface area (Å²) in [5, 5.41) is 10.0. The number of anilines is 1. The van der Waals surface area contributed by atoms with Gasteiger partial charge in [-0.3, -0.25) is 5.01 Å². The molecule has 7 nitrogen and oxygen atoms in total. The van der Waals surface area contributed by atoms with Crippen molar-refractivity contribution in [3.63, 3.8) is 0 Å². The van der Waals surface area contributed by atoms with E-state index in [9.17, 15) is 21.6 Å². The second-order valence-electron chi connectivity index (χ2n) is 6.23. The number of hydrazone groups is 1. The molecule has 2 aromatic rings. The highest BCUT2D eigenvalue weighted by Crippen LogP contribution is 2.46. The number of nitrogens with two attached hydrogens (primary N) is 1. The maximum atomic E-state index is 13.3. The number of hydrogen-bond acceptors (Lipinski definition) is 6. The van der Waals surface area contributed by atoms with E-state index in [2.05, 4.69) is 5.10 Å². The molecule has 2 aromatic carbocycles. The molecule has 0 saturated carbocycles. The van der Waals surface area contributed by atoms with Crippen molar-refractivity contribution < 1.29 is 31.1 Å². The van der Waals surface area contributed by atoms with Crippen LogP contribution in [0.5, 0.6) is 11.5 Å². The van der Waals surface area contributed by atoms with Gasteiger partial charge >= 0.3 is 6.18 Å². The van der Waals surface area contributed by atoms with Crippen molar-refractivity contribution in [2.45, 2.75) is 23.5 Å². The van der Waals surface area contributed by atoms with Gasteiger partial charge in [-0.25, -0.2) is 13.6 Å². The van der Waals surface area contributed by atoms with Crippen LogP contribution in [0.15, 0.2) is 52.5 Å². The molecule has 0 aromatic heterocycles. The van der Waals surface area contributed by atoms with Crippen LogP contribution < -0.4 is 19.6 Å². The van der Waals surface area contributed by atoms with Gasteiger partial charge in [0.1, 0.15) is 5.71 Å². The summed E-state index contributed by atoms with van der Waals surface area (Å²) in [5.74, 6) is 0.819. The second-order valence-corrected chi connectivity index (χ2v) is 7.79. The van der Waals surface area contributed by atoms with Crippen LogP contribution in [-0.2, 0) is 10.0 Å². The van der Waals surface area contributed by atoms with Crippen LogP contribution in [0.4, 0.5) is 18.9 Å². The summed E-state index contributed by atoms with van der Waals surface area (Å²) >= 11 is 0. The Morgan fingerprint density at radius 2 is 1.82 bits per heavy atom. The largest absolute Gasteiger partial charge is 0.454 e. The van der Waals surface area contributed by atoms with Gasteiger partial charge in [0.25, 0.3) is 0 Å². The number of benzene rings is 2. The van der Waals surface area contributed by atoms with Gasteiger partial charge < -0.3 is 9.47 Å². The molecular formula is C17H14F3N3O4S. The lowest BCUT2D eigenvalue weighted by molar-refractivity contribution is -0.0600. The number of hydrogen-bond donors (Lipinski definition) is 1. The molecule has 2 heterocycles. The number of para-hydroxylation sites is 1. The lowest BCUT2D eigenvalue weighted by Crippen LogP contribution is -2.21. The van der Waals surface area contributed by atoms with Crippen molar-refractivity contribution in [3.05, 3.63) is 48.0 Å². The number of sulfonamides is 1. The minimum Gasteiger partial charge on any atom is -0.454 e. The highest BCUT2D eigenvalue weighted by atomic mass is 32.2. The van der Waals surface area contributed by atoms with E-state index < -0.39 is 28.0 Å². The first-order chi connectivity index (χ1) is 13.1. The zero-order valence-corrected chi connectivity index (χ0v) is 15.0. The fraction of sp³-hybridized carbons (Fsp3) is 0.235. The quantitative estimate of drug-likeness (QED) is 0.835. The van der Waals surface area contributed by atoms with E-state index in [1.165, 1.54) is 29.3 Å². The number of halogens is 3. The van der Waals surface area contributed by atoms with Crippen LogP contribution in [-0.4, -0.2) is 27.1 Å². The van der Waals surface area contributed by atoms with E-state index >= 15 is 0 Å². The summed E-state index contributed by atoms with van der Waals surface area (Å²) < 4.78 is 73.6. The first-order valence-corrected chi connectivity index (χ1v) is 9.64. The number of alkyl halides is 3. The van der Waals surface area contributed by atoms with E-state index in [0.717, 1.165) is 0 Å². The molecule has 0 radical (unpaired) electrons. The summed E-state index contributed by atoms with van der Waals surface area (Å²) in [4.78, 5) is -0.149. The summed E-state index contributed by atoms with van der Waals surface area (Å²) in [6, 6.07) is 9.34. The van der Waals surface area contributed by atoms with Crippen molar-refractivity contribution in [3.8, 4) is 11.5 Å². The first kappa shape index (κ1) is 18.6. The molecule has 0 spiro atoms. The molecular weight excluding hydrogens is 399 g/mol. The highest BCUT2D eigenvalue weighted by Gasteiger charge is 2.44. The van der Waals surface area contributed by atoms with E-state index in [1.807, 2.05) is 0 Å². The predicted molar refractivity (Wildman–Crippen MR) is 93.7 cm³/mol. The van der Waals surface area contributed by atoms with E-state index in [4.69, 9.17) is 14.6 Å². The second kappa shape index (κ2) is 6.38. The summed E-state index contributed by atoms with van der Waals surface area (Å²) in [5.41, 5.74) is -0.161. The van der Waals surface area contributed by atoms with Crippen LogP contribution in [0.1, 0.15) is 18.0 Å². The van der Waals surface area contributed by atoms with E-state index in [0.29, 0.717) is 17.1 Å². The Balaban J connectivity index is 1.77. The average molecular weight is 413 g/mol. The van der Waals surface area contributed by atoms with Crippen LogP contribution in [0.25, 0.3) is 0 Å². The number of primary sulfonamides is 1. The first-order valence-electron chi connectivity index (χ1n) is 8.10. The molecule has 0 amide bonds. The Bertz CT molecular complexity index is 1050. The van der Waals surface area contributed by atoms with Gasteiger partial charge in [0.05, 0.1) is 16.6 Å². The standard InChI is InChI=1S/C17H14F3N3O4S/c18-17(19,20)15-8-13(12-2-1-3-14-16(12)27-9-26-14)23(22-15)10-4-6-11(7-5-10)28(21,24)25/h1-7,13H,8-9H2,(H2,21,24,25). The van der Waals surface area contributed by atoms with Gasteiger partial charge in [0.2, 0.25) is 16.8 Å². The normalized spacial score (nSPS) is 19.1. The maximum Gasteiger partial charge on any atom is 0.431 e. The van der Waals surface area contributed by atoms with Gasteiger partial charge in [-0.15, -0.1) is 0 Å². The topological polar surface area (TPSA) is 94.2 Å². The van der Waals surface area contributed by atoms with Gasteiger partial charge in [-0.2, -0.15) is 18.3 Å². The number of ether oxygens (including phenoxy) is 2. The van der Waals surface area contributed by atoms with Crippen molar-refractivity contribution in [2.75, 3.05) is 11.8 Å². The molecule has 0 saturated heterocycles. The fourth-order valence-corrected chi connectivity index (χ4v) is 3.68. The molecule has 0 bridgehead atoms. The molecule has 28 heavy (non-hydrogen) atoms. The van der Waals surface area contributed by atoms with Crippen molar-refractivity contribution >= 4 is 21.4 Å². The SMILES string of the molecule is NS(=O)(=O)c1ccc(N2N=C(C(F)(F)F)CC2c2cccc3c2OCO3)cc1. The summed E-state index contributed by atoms with van der Waals surface area (Å²) in [6.45, 7) is -0.0187. The van der Waals surface area contributed by atoms with Gasteiger partial charge in [-0.1, -0.05) is 12.1 Å². The summed E-state index contributed by atoms with van der Waals surface area (Å²) in [6.07, 6.45) is -4.98. The van der Waals surface area contributed by atoms with E-state index in [-0.39, 0.29) is 23.8 Å². The average Bonchev–Trinajstić information content (AvgIpc) is 3.27. The van der Waals surface area contributed by atoms with Crippen molar-refractivity contribution in [2.24, 2.45) is 10.2 Å². The lowest BCUT2D eigenvalue weighted by Gasteiger charge is -2.25. The fourth-order valence-electron chi connectivity index (χ4n) is 3.17. The molecule has 0 aliphatic carbocycles.